The van der Waals surface area contributed by atoms with Gasteiger partial charge >= 0.3 is 5.97 Å². The number of amides is 1. The van der Waals surface area contributed by atoms with Crippen molar-refractivity contribution in [3.05, 3.63) is 64.4 Å². The van der Waals surface area contributed by atoms with E-state index in [0.29, 0.717) is 5.69 Å². The zero-order chi connectivity index (χ0) is 20.1. The standard InChI is InChI=1S/C21H22ClFN2O3/c1-28-21(27)18-12-17(6-7-19(18)22)24-20(26)15-8-10-25(11-9-15)13-14-2-4-16(23)5-3-14/h2-7,12,15H,8-11,13H2,1H3,(H,24,26). The maximum absolute atomic E-state index is 13.0. The molecular weight excluding hydrogens is 383 g/mol. The predicted molar refractivity (Wildman–Crippen MR) is 106 cm³/mol. The Morgan fingerprint density at radius 1 is 1.18 bits per heavy atom. The van der Waals surface area contributed by atoms with Crippen molar-refractivity contribution in [3.8, 4) is 0 Å². The van der Waals surface area contributed by atoms with Gasteiger partial charge in [0.15, 0.2) is 0 Å². The molecule has 2 aromatic rings. The van der Waals surface area contributed by atoms with E-state index in [0.717, 1.165) is 38.0 Å². The van der Waals surface area contributed by atoms with Gasteiger partial charge in [-0.2, -0.15) is 0 Å². The molecule has 0 saturated carbocycles. The quantitative estimate of drug-likeness (QED) is 0.762. The molecule has 0 aromatic heterocycles. The first-order valence-electron chi connectivity index (χ1n) is 9.12. The van der Waals surface area contributed by atoms with Crippen molar-refractivity contribution in [1.82, 2.24) is 4.90 Å². The molecular formula is C21H22ClFN2O3. The Morgan fingerprint density at radius 3 is 2.50 bits per heavy atom. The maximum Gasteiger partial charge on any atom is 0.339 e. The molecule has 7 heteroatoms. The minimum absolute atomic E-state index is 0.0698. The fraction of sp³-hybridized carbons (Fsp3) is 0.333. The molecule has 0 radical (unpaired) electrons. The van der Waals surface area contributed by atoms with Gasteiger partial charge in [0.25, 0.3) is 0 Å². The van der Waals surface area contributed by atoms with Gasteiger partial charge in [-0.25, -0.2) is 9.18 Å². The number of hydrogen-bond donors (Lipinski definition) is 1. The third kappa shape index (κ3) is 5.09. The lowest BCUT2D eigenvalue weighted by Gasteiger charge is -2.31. The largest absolute Gasteiger partial charge is 0.465 e. The van der Waals surface area contributed by atoms with E-state index >= 15 is 0 Å². The number of rotatable bonds is 5. The SMILES string of the molecule is COC(=O)c1cc(NC(=O)C2CCN(Cc3ccc(F)cc3)CC2)ccc1Cl. The van der Waals surface area contributed by atoms with Gasteiger partial charge in [-0.3, -0.25) is 9.69 Å². The Morgan fingerprint density at radius 2 is 1.86 bits per heavy atom. The summed E-state index contributed by atoms with van der Waals surface area (Å²) >= 11 is 6.01. The van der Waals surface area contributed by atoms with Gasteiger partial charge < -0.3 is 10.1 Å². The van der Waals surface area contributed by atoms with Crippen molar-refractivity contribution in [3.63, 3.8) is 0 Å². The molecule has 3 rings (SSSR count). The van der Waals surface area contributed by atoms with Crippen molar-refractivity contribution < 1.29 is 18.7 Å². The molecule has 1 fully saturated rings. The molecule has 0 bridgehead atoms. The smallest absolute Gasteiger partial charge is 0.339 e. The number of carbonyl (C=O) groups excluding carboxylic acids is 2. The summed E-state index contributed by atoms with van der Waals surface area (Å²) in [4.78, 5) is 26.6. The molecule has 0 aliphatic carbocycles. The van der Waals surface area contributed by atoms with Crippen LogP contribution in [0.4, 0.5) is 10.1 Å². The Labute approximate surface area is 168 Å². The zero-order valence-corrected chi connectivity index (χ0v) is 16.3. The molecule has 148 valence electrons. The fourth-order valence-corrected chi connectivity index (χ4v) is 3.51. The molecule has 1 aliphatic heterocycles. The number of hydrogen-bond acceptors (Lipinski definition) is 4. The minimum Gasteiger partial charge on any atom is -0.465 e. The zero-order valence-electron chi connectivity index (χ0n) is 15.6. The summed E-state index contributed by atoms with van der Waals surface area (Å²) in [6.45, 7) is 2.33. The van der Waals surface area contributed by atoms with E-state index in [1.807, 2.05) is 0 Å². The van der Waals surface area contributed by atoms with Gasteiger partial charge in [0.1, 0.15) is 5.82 Å². The molecule has 1 saturated heterocycles. The van der Waals surface area contributed by atoms with Crippen LogP contribution in [0.3, 0.4) is 0 Å². The van der Waals surface area contributed by atoms with E-state index in [9.17, 15) is 14.0 Å². The summed E-state index contributed by atoms with van der Waals surface area (Å²) in [6, 6.07) is 11.2. The maximum atomic E-state index is 13.0. The second-order valence-electron chi connectivity index (χ2n) is 6.85. The fourth-order valence-electron chi connectivity index (χ4n) is 3.32. The summed E-state index contributed by atoms with van der Waals surface area (Å²) in [6.07, 6.45) is 1.48. The Kier molecular flexibility index (Phi) is 6.65. The van der Waals surface area contributed by atoms with Crippen molar-refractivity contribution in [1.29, 1.82) is 0 Å². The van der Waals surface area contributed by atoms with E-state index in [-0.39, 0.29) is 28.2 Å². The van der Waals surface area contributed by atoms with E-state index < -0.39 is 5.97 Å². The van der Waals surface area contributed by atoms with Gasteiger partial charge in [-0.05, 0) is 61.8 Å². The first-order valence-corrected chi connectivity index (χ1v) is 9.49. The monoisotopic (exact) mass is 404 g/mol. The highest BCUT2D eigenvalue weighted by molar-refractivity contribution is 6.33. The average molecular weight is 405 g/mol. The van der Waals surface area contributed by atoms with E-state index in [2.05, 4.69) is 10.2 Å². The van der Waals surface area contributed by atoms with Crippen LogP contribution in [0.2, 0.25) is 5.02 Å². The number of esters is 1. The highest BCUT2D eigenvalue weighted by atomic mass is 35.5. The number of ether oxygens (including phenoxy) is 1. The molecule has 1 heterocycles. The second-order valence-corrected chi connectivity index (χ2v) is 7.26. The molecule has 1 amide bonds. The number of halogens is 2. The second kappa shape index (κ2) is 9.17. The van der Waals surface area contributed by atoms with Crippen molar-refractivity contribution in [2.75, 3.05) is 25.5 Å². The normalized spacial score (nSPS) is 15.2. The van der Waals surface area contributed by atoms with Crippen LogP contribution in [0.25, 0.3) is 0 Å². The summed E-state index contributed by atoms with van der Waals surface area (Å²) < 4.78 is 17.7. The van der Waals surface area contributed by atoms with Gasteiger partial charge in [0, 0.05) is 18.2 Å². The number of anilines is 1. The highest BCUT2D eigenvalue weighted by Gasteiger charge is 2.25. The van der Waals surface area contributed by atoms with Crippen LogP contribution in [0.1, 0.15) is 28.8 Å². The molecule has 5 nitrogen and oxygen atoms in total. The summed E-state index contributed by atoms with van der Waals surface area (Å²) in [5.74, 6) is -0.951. The van der Waals surface area contributed by atoms with Gasteiger partial charge in [-0.1, -0.05) is 23.7 Å². The highest BCUT2D eigenvalue weighted by Crippen LogP contribution is 2.24. The van der Waals surface area contributed by atoms with Crippen LogP contribution in [0.15, 0.2) is 42.5 Å². The Hall–Kier alpha value is -2.44. The van der Waals surface area contributed by atoms with E-state index in [1.165, 1.54) is 25.3 Å². The van der Waals surface area contributed by atoms with Gasteiger partial charge in [0.05, 0.1) is 17.7 Å². The number of carbonyl (C=O) groups is 2. The number of piperidine rings is 1. The summed E-state index contributed by atoms with van der Waals surface area (Å²) in [5.41, 5.74) is 1.79. The predicted octanol–water partition coefficient (Wildman–Crippen LogP) is 4.12. The number of methoxy groups -OCH3 is 1. The Balaban J connectivity index is 1.54. The topological polar surface area (TPSA) is 58.6 Å². The van der Waals surface area contributed by atoms with Crippen molar-refractivity contribution >= 4 is 29.2 Å². The molecule has 0 unspecified atom stereocenters. The van der Waals surface area contributed by atoms with Crippen LogP contribution in [-0.2, 0) is 16.1 Å². The third-order valence-corrected chi connectivity index (χ3v) is 5.25. The van der Waals surface area contributed by atoms with Crippen molar-refractivity contribution in [2.45, 2.75) is 19.4 Å². The average Bonchev–Trinajstić information content (AvgIpc) is 2.71. The van der Waals surface area contributed by atoms with Crippen LogP contribution in [-0.4, -0.2) is 37.0 Å². The molecule has 28 heavy (non-hydrogen) atoms. The number of benzene rings is 2. The number of nitrogens with one attached hydrogen (secondary N) is 1. The molecule has 1 aliphatic rings. The summed E-state index contributed by atoms with van der Waals surface area (Å²) in [7, 11) is 1.28. The lowest BCUT2D eigenvalue weighted by atomic mass is 9.95. The minimum atomic E-state index is -0.546. The van der Waals surface area contributed by atoms with Crippen molar-refractivity contribution in [2.24, 2.45) is 5.92 Å². The first-order chi connectivity index (χ1) is 13.5. The Bertz CT molecular complexity index is 849. The first kappa shape index (κ1) is 20.3. The lowest BCUT2D eigenvalue weighted by molar-refractivity contribution is -0.121. The molecule has 1 N–H and O–H groups in total. The van der Waals surface area contributed by atoms with Crippen LogP contribution < -0.4 is 5.32 Å². The van der Waals surface area contributed by atoms with Crippen LogP contribution >= 0.6 is 11.6 Å². The van der Waals surface area contributed by atoms with Gasteiger partial charge in [-0.15, -0.1) is 0 Å². The van der Waals surface area contributed by atoms with Gasteiger partial charge in [0.2, 0.25) is 5.91 Å². The van der Waals surface area contributed by atoms with E-state index in [1.54, 1.807) is 24.3 Å². The lowest BCUT2D eigenvalue weighted by Crippen LogP contribution is -2.37. The van der Waals surface area contributed by atoms with E-state index in [4.69, 9.17) is 16.3 Å². The number of nitrogens with zero attached hydrogens (tertiary/aromatic N) is 1. The summed E-state index contributed by atoms with van der Waals surface area (Å²) in [5, 5.41) is 3.14. The molecule has 0 atom stereocenters. The molecule has 2 aromatic carbocycles. The number of likely N-dealkylation sites (tertiary alicyclic amines) is 1. The molecule has 0 spiro atoms. The van der Waals surface area contributed by atoms with Crippen LogP contribution in [0, 0.1) is 11.7 Å². The third-order valence-electron chi connectivity index (χ3n) is 4.92. The van der Waals surface area contributed by atoms with Crippen LogP contribution in [0.5, 0.6) is 0 Å².